The van der Waals surface area contributed by atoms with E-state index in [2.05, 4.69) is 4.72 Å². The minimum absolute atomic E-state index is 0.0321. The van der Waals surface area contributed by atoms with Crippen molar-refractivity contribution in [3.63, 3.8) is 0 Å². The van der Waals surface area contributed by atoms with Gasteiger partial charge in [0.15, 0.2) is 0 Å². The second-order valence-electron chi connectivity index (χ2n) is 7.56. The average molecular weight is 421 g/mol. The highest BCUT2D eigenvalue weighted by atomic mass is 32.2. The van der Waals surface area contributed by atoms with Crippen molar-refractivity contribution in [3.8, 4) is 0 Å². The van der Waals surface area contributed by atoms with Crippen LogP contribution in [0.3, 0.4) is 0 Å². The summed E-state index contributed by atoms with van der Waals surface area (Å²) in [5.41, 5.74) is 1.69. The molecule has 1 saturated carbocycles. The minimum Gasteiger partial charge on any atom is -0.263 e. The SMILES string of the molecule is CC1Cc2ccccc2N1S(=O)(=O)c1ccc(S(=O)(=O)NC2CCCC2)cc1. The number of benzene rings is 2. The molecule has 2 aromatic rings. The summed E-state index contributed by atoms with van der Waals surface area (Å²) in [7, 11) is -7.41. The van der Waals surface area contributed by atoms with Crippen LogP contribution in [-0.4, -0.2) is 28.9 Å². The van der Waals surface area contributed by atoms with Gasteiger partial charge in [-0.2, -0.15) is 0 Å². The summed E-state index contributed by atoms with van der Waals surface area (Å²) < 4.78 is 55.7. The van der Waals surface area contributed by atoms with Gasteiger partial charge in [0.25, 0.3) is 10.0 Å². The molecule has 0 bridgehead atoms. The third kappa shape index (κ3) is 3.44. The molecule has 8 heteroatoms. The number of hydrogen-bond donors (Lipinski definition) is 1. The first-order chi connectivity index (χ1) is 13.3. The molecule has 1 N–H and O–H groups in total. The average Bonchev–Trinajstić information content (AvgIpc) is 3.27. The van der Waals surface area contributed by atoms with E-state index in [-0.39, 0.29) is 21.9 Å². The number of anilines is 1. The number of nitrogens with zero attached hydrogens (tertiary/aromatic N) is 1. The van der Waals surface area contributed by atoms with Crippen LogP contribution in [0.4, 0.5) is 5.69 Å². The molecule has 2 aliphatic rings. The predicted octanol–water partition coefficient (Wildman–Crippen LogP) is 3.05. The van der Waals surface area contributed by atoms with Crippen molar-refractivity contribution in [2.45, 2.75) is 60.9 Å². The zero-order valence-corrected chi connectivity index (χ0v) is 17.3. The Balaban J connectivity index is 1.61. The number of nitrogens with one attached hydrogen (secondary N) is 1. The van der Waals surface area contributed by atoms with Crippen LogP contribution in [0.15, 0.2) is 58.3 Å². The van der Waals surface area contributed by atoms with E-state index >= 15 is 0 Å². The Bertz CT molecular complexity index is 1070. The Kier molecular flexibility index (Phi) is 4.97. The van der Waals surface area contributed by atoms with Crippen molar-refractivity contribution >= 4 is 25.7 Å². The summed E-state index contributed by atoms with van der Waals surface area (Å²) >= 11 is 0. The Morgan fingerprint density at radius 1 is 0.893 bits per heavy atom. The van der Waals surface area contributed by atoms with Crippen molar-refractivity contribution in [1.82, 2.24) is 4.72 Å². The second-order valence-corrected chi connectivity index (χ2v) is 11.1. The van der Waals surface area contributed by atoms with Crippen LogP contribution >= 0.6 is 0 Å². The highest BCUT2D eigenvalue weighted by Crippen LogP contribution is 2.36. The lowest BCUT2D eigenvalue weighted by molar-refractivity contribution is 0.552. The van der Waals surface area contributed by atoms with Gasteiger partial charge in [-0.3, -0.25) is 4.31 Å². The number of sulfonamides is 2. The van der Waals surface area contributed by atoms with Crippen LogP contribution in [0.2, 0.25) is 0 Å². The van der Waals surface area contributed by atoms with Crippen molar-refractivity contribution in [3.05, 3.63) is 54.1 Å². The van der Waals surface area contributed by atoms with E-state index < -0.39 is 20.0 Å². The van der Waals surface area contributed by atoms with Gasteiger partial charge < -0.3 is 0 Å². The fraction of sp³-hybridized carbons (Fsp3) is 0.400. The third-order valence-corrected chi connectivity index (χ3v) is 8.99. The standard InChI is InChI=1S/C20H24N2O4S2/c1-15-14-16-6-2-5-9-20(16)22(15)28(25,26)19-12-10-18(11-13-19)27(23,24)21-17-7-3-4-8-17/h2,5-6,9-13,15,17,21H,3-4,7-8,14H2,1H3. The number of fused-ring (bicyclic) bond motifs is 1. The summed E-state index contributed by atoms with van der Waals surface area (Å²) in [4.78, 5) is 0.184. The maximum absolute atomic E-state index is 13.2. The largest absolute Gasteiger partial charge is 0.264 e. The molecule has 0 aromatic heterocycles. The third-order valence-electron chi connectivity index (χ3n) is 5.51. The van der Waals surface area contributed by atoms with Gasteiger partial charge in [-0.25, -0.2) is 21.6 Å². The summed E-state index contributed by atoms with van der Waals surface area (Å²) in [6, 6.07) is 12.8. The Morgan fingerprint density at radius 2 is 1.50 bits per heavy atom. The lowest BCUT2D eigenvalue weighted by Gasteiger charge is -2.24. The highest BCUT2D eigenvalue weighted by Gasteiger charge is 2.36. The molecule has 1 heterocycles. The van der Waals surface area contributed by atoms with Crippen LogP contribution < -0.4 is 9.03 Å². The fourth-order valence-corrected chi connectivity index (χ4v) is 7.14. The van der Waals surface area contributed by atoms with Gasteiger partial charge in [0.05, 0.1) is 15.5 Å². The van der Waals surface area contributed by atoms with E-state index in [9.17, 15) is 16.8 Å². The van der Waals surface area contributed by atoms with Gasteiger partial charge in [0.2, 0.25) is 10.0 Å². The zero-order chi connectivity index (χ0) is 19.9. The topological polar surface area (TPSA) is 83.6 Å². The first kappa shape index (κ1) is 19.4. The van der Waals surface area contributed by atoms with Gasteiger partial charge in [-0.15, -0.1) is 0 Å². The van der Waals surface area contributed by atoms with Crippen LogP contribution in [0.25, 0.3) is 0 Å². The number of para-hydroxylation sites is 1. The number of rotatable bonds is 5. The molecular formula is C20H24N2O4S2. The van der Waals surface area contributed by atoms with Crippen molar-refractivity contribution in [1.29, 1.82) is 0 Å². The predicted molar refractivity (Wildman–Crippen MR) is 108 cm³/mol. The maximum atomic E-state index is 13.2. The van der Waals surface area contributed by atoms with Crippen LogP contribution in [0.5, 0.6) is 0 Å². The normalized spacial score (nSPS) is 20.5. The quantitative estimate of drug-likeness (QED) is 0.806. The van der Waals surface area contributed by atoms with Crippen LogP contribution in [0.1, 0.15) is 38.2 Å². The molecule has 1 unspecified atom stereocenters. The summed E-state index contributed by atoms with van der Waals surface area (Å²) in [5, 5.41) is 0. The number of hydrogen-bond acceptors (Lipinski definition) is 4. The monoisotopic (exact) mass is 420 g/mol. The lowest BCUT2D eigenvalue weighted by Crippen LogP contribution is -2.35. The molecule has 0 radical (unpaired) electrons. The Labute approximate surface area is 166 Å². The molecule has 0 spiro atoms. The van der Waals surface area contributed by atoms with Crippen LogP contribution in [0, 0.1) is 0 Å². The summed E-state index contributed by atoms with van der Waals surface area (Å²) in [6.45, 7) is 1.88. The molecule has 1 fully saturated rings. The molecule has 0 saturated heterocycles. The smallest absolute Gasteiger partial charge is 0.263 e. The van der Waals surface area contributed by atoms with Gasteiger partial charge in [-0.05, 0) is 62.1 Å². The molecule has 150 valence electrons. The van der Waals surface area contributed by atoms with Gasteiger partial charge in [0.1, 0.15) is 0 Å². The molecule has 1 aliphatic heterocycles. The van der Waals surface area contributed by atoms with Gasteiger partial charge in [0, 0.05) is 12.1 Å². The lowest BCUT2D eigenvalue weighted by atomic mass is 10.1. The van der Waals surface area contributed by atoms with Gasteiger partial charge in [-0.1, -0.05) is 31.0 Å². The van der Waals surface area contributed by atoms with E-state index in [1.54, 1.807) is 6.07 Å². The molecule has 4 rings (SSSR count). The fourth-order valence-electron chi connectivity index (χ4n) is 4.14. The highest BCUT2D eigenvalue weighted by molar-refractivity contribution is 7.93. The second kappa shape index (κ2) is 7.17. The van der Waals surface area contributed by atoms with E-state index in [0.29, 0.717) is 12.1 Å². The molecule has 1 atom stereocenters. The molecule has 6 nitrogen and oxygen atoms in total. The van der Waals surface area contributed by atoms with Crippen molar-refractivity contribution < 1.29 is 16.8 Å². The minimum atomic E-state index is -3.77. The van der Waals surface area contributed by atoms with Crippen molar-refractivity contribution in [2.75, 3.05) is 4.31 Å². The molecule has 1 aliphatic carbocycles. The van der Waals surface area contributed by atoms with Crippen molar-refractivity contribution in [2.24, 2.45) is 0 Å². The summed E-state index contributed by atoms with van der Waals surface area (Å²) in [6.07, 6.45) is 4.41. The van der Waals surface area contributed by atoms with Crippen LogP contribution in [-0.2, 0) is 26.5 Å². The Morgan fingerprint density at radius 3 is 2.18 bits per heavy atom. The molecule has 28 heavy (non-hydrogen) atoms. The Hall–Kier alpha value is -1.90. The van der Waals surface area contributed by atoms with E-state index in [1.807, 2.05) is 25.1 Å². The molecule has 2 aromatic carbocycles. The van der Waals surface area contributed by atoms with Gasteiger partial charge >= 0.3 is 0 Å². The summed E-state index contributed by atoms with van der Waals surface area (Å²) in [5.74, 6) is 0. The molecule has 0 amide bonds. The first-order valence-electron chi connectivity index (χ1n) is 9.54. The molecular weight excluding hydrogens is 396 g/mol. The van der Waals surface area contributed by atoms with E-state index in [1.165, 1.54) is 28.6 Å². The van der Waals surface area contributed by atoms with E-state index in [4.69, 9.17) is 0 Å². The first-order valence-corrected chi connectivity index (χ1v) is 12.5. The maximum Gasteiger partial charge on any atom is 0.264 e. The van der Waals surface area contributed by atoms with E-state index in [0.717, 1.165) is 31.2 Å². The zero-order valence-electron chi connectivity index (χ0n) is 15.7.